The van der Waals surface area contributed by atoms with Gasteiger partial charge in [-0.2, -0.15) is 5.10 Å². The van der Waals surface area contributed by atoms with Crippen molar-refractivity contribution in [1.29, 1.82) is 0 Å². The van der Waals surface area contributed by atoms with Gasteiger partial charge in [0.25, 0.3) is 0 Å². The number of H-pyrrole nitrogens is 1. The van der Waals surface area contributed by atoms with Crippen molar-refractivity contribution in [2.45, 2.75) is 10.8 Å². The average molecular weight is 412 g/mol. The molecule has 2 aromatic heterocycles. The number of carbonyl (C=O) groups excluding carboxylic acids is 1. The Balaban J connectivity index is 1.42. The van der Waals surface area contributed by atoms with Crippen molar-refractivity contribution in [3.8, 4) is 0 Å². The number of nitrogens with one attached hydrogen (secondary N) is 3. The maximum Gasteiger partial charge on any atom is 0.323 e. The van der Waals surface area contributed by atoms with Gasteiger partial charge in [-0.25, -0.2) is 23.5 Å². The summed E-state index contributed by atoms with van der Waals surface area (Å²) >= 11 is 1.50. The van der Waals surface area contributed by atoms with E-state index in [1.165, 1.54) is 24.2 Å². The van der Waals surface area contributed by atoms with Gasteiger partial charge >= 0.3 is 6.03 Å². The molecule has 29 heavy (non-hydrogen) atoms. The van der Waals surface area contributed by atoms with Crippen LogP contribution in [0.4, 0.5) is 25.0 Å². The number of rotatable bonds is 5. The van der Waals surface area contributed by atoms with Crippen LogP contribution >= 0.6 is 11.8 Å². The molecule has 3 N–H and O–H groups in total. The quantitative estimate of drug-likeness (QED) is 0.330. The molecule has 0 aliphatic rings. The molecule has 2 aromatic carbocycles. The van der Waals surface area contributed by atoms with Gasteiger partial charge in [-0.05, 0) is 29.8 Å². The number of urea groups is 1. The summed E-state index contributed by atoms with van der Waals surface area (Å²) in [5.74, 6) is -1.10. The van der Waals surface area contributed by atoms with E-state index in [0.29, 0.717) is 17.1 Å². The van der Waals surface area contributed by atoms with Crippen LogP contribution in [-0.4, -0.2) is 26.2 Å². The third-order valence-electron chi connectivity index (χ3n) is 3.97. The first-order valence-electron chi connectivity index (χ1n) is 8.48. The maximum absolute atomic E-state index is 13.7. The molecule has 10 heteroatoms. The number of anilines is 2. The summed E-state index contributed by atoms with van der Waals surface area (Å²) in [6.45, 7) is 0. The predicted octanol–water partition coefficient (Wildman–Crippen LogP) is 4.57. The summed E-state index contributed by atoms with van der Waals surface area (Å²) in [5.41, 5.74) is 1.59. The van der Waals surface area contributed by atoms with Crippen molar-refractivity contribution < 1.29 is 13.6 Å². The molecule has 0 radical (unpaired) electrons. The lowest BCUT2D eigenvalue weighted by molar-refractivity contribution is 0.262. The van der Waals surface area contributed by atoms with Crippen LogP contribution < -0.4 is 10.6 Å². The summed E-state index contributed by atoms with van der Waals surface area (Å²) in [5, 5.41) is 13.1. The summed E-state index contributed by atoms with van der Waals surface area (Å²) in [6, 6.07) is 9.77. The number of para-hydroxylation sites is 1. The normalized spacial score (nSPS) is 10.8. The molecule has 0 spiro atoms. The Morgan fingerprint density at radius 3 is 2.69 bits per heavy atom. The molecular weight excluding hydrogens is 398 g/mol. The van der Waals surface area contributed by atoms with Gasteiger partial charge < -0.3 is 10.6 Å². The number of benzene rings is 2. The molecule has 0 unspecified atom stereocenters. The SMILES string of the molecule is O=C(Nc1cccc(CSc2ncnc3[nH]ncc23)c1)Nc1c(F)cccc1F. The van der Waals surface area contributed by atoms with Crippen LogP contribution in [0.1, 0.15) is 5.56 Å². The lowest BCUT2D eigenvalue weighted by atomic mass is 10.2. The molecule has 7 nitrogen and oxygen atoms in total. The highest BCUT2D eigenvalue weighted by atomic mass is 32.2. The van der Waals surface area contributed by atoms with E-state index in [1.54, 1.807) is 24.4 Å². The highest BCUT2D eigenvalue weighted by Gasteiger charge is 2.12. The first-order valence-corrected chi connectivity index (χ1v) is 9.46. The van der Waals surface area contributed by atoms with Gasteiger partial charge in [-0.3, -0.25) is 5.10 Å². The van der Waals surface area contributed by atoms with Crippen molar-refractivity contribution >= 4 is 40.2 Å². The van der Waals surface area contributed by atoms with Gasteiger partial charge in [-0.15, -0.1) is 11.8 Å². The number of hydrogen-bond donors (Lipinski definition) is 3. The van der Waals surface area contributed by atoms with E-state index in [1.807, 2.05) is 6.07 Å². The number of fused-ring (bicyclic) bond motifs is 1. The van der Waals surface area contributed by atoms with Crippen molar-refractivity contribution in [2.75, 3.05) is 10.6 Å². The van der Waals surface area contributed by atoms with Crippen molar-refractivity contribution in [3.63, 3.8) is 0 Å². The second kappa shape index (κ2) is 8.23. The lowest BCUT2D eigenvalue weighted by Crippen LogP contribution is -2.21. The zero-order valence-electron chi connectivity index (χ0n) is 14.8. The largest absolute Gasteiger partial charge is 0.323 e. The summed E-state index contributed by atoms with van der Waals surface area (Å²) in [6.07, 6.45) is 3.13. The fourth-order valence-corrected chi connectivity index (χ4v) is 3.55. The summed E-state index contributed by atoms with van der Waals surface area (Å²) < 4.78 is 27.3. The van der Waals surface area contributed by atoms with E-state index in [2.05, 4.69) is 30.8 Å². The third-order valence-corrected chi connectivity index (χ3v) is 5.05. The molecule has 4 aromatic rings. The Bertz CT molecular complexity index is 1160. The molecule has 0 aliphatic heterocycles. The minimum absolute atomic E-state index is 0.494. The van der Waals surface area contributed by atoms with Gasteiger partial charge in [0.05, 0.1) is 11.6 Å². The summed E-state index contributed by atoms with van der Waals surface area (Å²) in [4.78, 5) is 20.5. The van der Waals surface area contributed by atoms with Crippen LogP contribution in [0.5, 0.6) is 0 Å². The number of amides is 2. The molecular formula is C19H14F2N6OS. The fourth-order valence-electron chi connectivity index (χ4n) is 2.64. The molecule has 0 saturated heterocycles. The van der Waals surface area contributed by atoms with Gasteiger partial charge in [-0.1, -0.05) is 18.2 Å². The third kappa shape index (κ3) is 4.32. The number of aromatic nitrogens is 4. The number of thioether (sulfide) groups is 1. The van der Waals surface area contributed by atoms with Crippen LogP contribution in [0.2, 0.25) is 0 Å². The monoisotopic (exact) mass is 412 g/mol. The number of hydrogen-bond acceptors (Lipinski definition) is 5. The van der Waals surface area contributed by atoms with Gasteiger partial charge in [0.2, 0.25) is 0 Å². The molecule has 0 aliphatic carbocycles. The van der Waals surface area contributed by atoms with Crippen LogP contribution in [-0.2, 0) is 5.75 Å². The van der Waals surface area contributed by atoms with E-state index in [0.717, 1.165) is 28.1 Å². The van der Waals surface area contributed by atoms with Crippen molar-refractivity contribution in [2.24, 2.45) is 0 Å². The first kappa shape index (κ1) is 18.8. The van der Waals surface area contributed by atoms with E-state index in [9.17, 15) is 13.6 Å². The number of carbonyl (C=O) groups is 1. The van der Waals surface area contributed by atoms with E-state index in [-0.39, 0.29) is 0 Å². The van der Waals surface area contributed by atoms with Gasteiger partial charge in [0.15, 0.2) is 5.65 Å². The molecule has 4 rings (SSSR count). The van der Waals surface area contributed by atoms with Crippen molar-refractivity contribution in [1.82, 2.24) is 20.2 Å². The molecule has 0 fully saturated rings. The van der Waals surface area contributed by atoms with Crippen LogP contribution in [0.3, 0.4) is 0 Å². The summed E-state index contributed by atoms with van der Waals surface area (Å²) in [7, 11) is 0. The standard InChI is InChI=1S/C19H14F2N6OS/c20-14-5-2-6-15(21)16(14)26-19(28)25-12-4-1-3-11(7-12)9-29-18-13-8-24-27-17(13)22-10-23-18/h1-8,10H,9H2,(H2,25,26,28)(H,22,23,24,27). The lowest BCUT2D eigenvalue weighted by Gasteiger charge is -2.10. The Labute approximate surface area is 168 Å². The highest BCUT2D eigenvalue weighted by molar-refractivity contribution is 7.98. The number of halogens is 2. The van der Waals surface area contributed by atoms with Crippen LogP contribution in [0, 0.1) is 11.6 Å². The predicted molar refractivity (Wildman–Crippen MR) is 107 cm³/mol. The molecule has 0 saturated carbocycles. The molecule has 2 amide bonds. The van der Waals surface area contributed by atoms with Crippen LogP contribution in [0.15, 0.2) is 60.0 Å². The minimum atomic E-state index is -0.847. The Morgan fingerprint density at radius 1 is 1.07 bits per heavy atom. The first-order chi connectivity index (χ1) is 14.1. The minimum Gasteiger partial charge on any atom is -0.308 e. The van der Waals surface area contributed by atoms with E-state index < -0.39 is 23.4 Å². The Morgan fingerprint density at radius 2 is 1.86 bits per heavy atom. The van der Waals surface area contributed by atoms with E-state index in [4.69, 9.17) is 0 Å². The second-order valence-electron chi connectivity index (χ2n) is 5.98. The van der Waals surface area contributed by atoms with Crippen molar-refractivity contribution in [3.05, 3.63) is 72.2 Å². The molecule has 0 atom stereocenters. The smallest absolute Gasteiger partial charge is 0.308 e. The topological polar surface area (TPSA) is 95.6 Å². The second-order valence-corrected chi connectivity index (χ2v) is 6.94. The molecule has 146 valence electrons. The Kier molecular flexibility index (Phi) is 5.34. The zero-order chi connectivity index (χ0) is 20.2. The Hall–Kier alpha value is -3.53. The number of nitrogens with zero attached hydrogens (tertiary/aromatic N) is 3. The van der Waals surface area contributed by atoms with Gasteiger partial charge in [0, 0.05) is 11.4 Å². The van der Waals surface area contributed by atoms with Crippen LogP contribution in [0.25, 0.3) is 11.0 Å². The van der Waals surface area contributed by atoms with Gasteiger partial charge in [0.1, 0.15) is 28.7 Å². The van der Waals surface area contributed by atoms with E-state index >= 15 is 0 Å². The number of aromatic amines is 1. The molecule has 0 bridgehead atoms. The zero-order valence-corrected chi connectivity index (χ0v) is 15.6. The average Bonchev–Trinajstić information content (AvgIpc) is 3.19. The molecule has 2 heterocycles. The maximum atomic E-state index is 13.7. The highest BCUT2D eigenvalue weighted by Crippen LogP contribution is 2.27. The fraction of sp³-hybridized carbons (Fsp3) is 0.0526.